The predicted molar refractivity (Wildman–Crippen MR) is 86.4 cm³/mol. The second kappa shape index (κ2) is 5.99. The first-order valence-electron chi connectivity index (χ1n) is 7.25. The lowest BCUT2D eigenvalue weighted by molar-refractivity contribution is 0.626. The van der Waals surface area contributed by atoms with Crippen LogP contribution in [0.1, 0.15) is 5.56 Å². The maximum absolute atomic E-state index is 13.2. The van der Waals surface area contributed by atoms with Crippen LogP contribution < -0.4 is 5.32 Å². The van der Waals surface area contributed by atoms with E-state index in [9.17, 15) is 4.39 Å². The molecule has 0 amide bonds. The van der Waals surface area contributed by atoms with Gasteiger partial charge in [0.2, 0.25) is 5.95 Å². The first-order valence-corrected chi connectivity index (χ1v) is 7.25. The lowest BCUT2D eigenvalue weighted by atomic mass is 10.2. The highest BCUT2D eigenvalue weighted by atomic mass is 19.1. The number of H-pyrrole nitrogens is 1. The minimum Gasteiger partial charge on any atom is -0.350 e. The van der Waals surface area contributed by atoms with Crippen molar-refractivity contribution in [3.8, 4) is 11.4 Å². The molecule has 24 heavy (non-hydrogen) atoms. The van der Waals surface area contributed by atoms with Gasteiger partial charge in [0.05, 0.1) is 16.8 Å². The van der Waals surface area contributed by atoms with Gasteiger partial charge in [0.25, 0.3) is 0 Å². The van der Waals surface area contributed by atoms with Crippen LogP contribution in [0.4, 0.5) is 10.3 Å². The number of nitrogens with one attached hydrogen (secondary N) is 2. The number of nitrogens with zero attached hydrogens (tertiary/aromatic N) is 5. The van der Waals surface area contributed by atoms with Crippen LogP contribution in [0.5, 0.6) is 0 Å². The van der Waals surface area contributed by atoms with Gasteiger partial charge in [-0.05, 0) is 23.8 Å². The smallest absolute Gasteiger partial charge is 0.223 e. The van der Waals surface area contributed by atoms with E-state index in [4.69, 9.17) is 0 Å². The molecule has 0 saturated carbocycles. The standard InChI is InChI=1S/C16H12FN7/c17-11-3-1-2-10(6-11)7-20-16-19-5-4-13(22-16)14-12-8-18-9-21-15(12)24-23-14/h1-6,8-9H,7H2,(H,19,20,22)(H,18,21,23,24). The number of hydrogen-bond donors (Lipinski definition) is 2. The zero-order chi connectivity index (χ0) is 16.4. The zero-order valence-electron chi connectivity index (χ0n) is 12.4. The molecule has 4 aromatic rings. The van der Waals surface area contributed by atoms with Gasteiger partial charge in [-0.3, -0.25) is 5.10 Å². The molecule has 0 unspecified atom stereocenters. The molecule has 7 nitrogen and oxygen atoms in total. The maximum atomic E-state index is 13.2. The number of halogens is 1. The van der Waals surface area contributed by atoms with E-state index in [2.05, 4.69) is 35.5 Å². The fraction of sp³-hybridized carbons (Fsp3) is 0.0625. The fourth-order valence-electron chi connectivity index (χ4n) is 2.36. The maximum Gasteiger partial charge on any atom is 0.223 e. The van der Waals surface area contributed by atoms with Crippen molar-refractivity contribution in [2.45, 2.75) is 6.54 Å². The molecule has 8 heteroatoms. The molecule has 3 heterocycles. The SMILES string of the molecule is Fc1cccc(CNc2nccc(-c3[nH]nc4ncncc34)n2)c1. The van der Waals surface area contributed by atoms with Gasteiger partial charge in [0.1, 0.15) is 12.1 Å². The van der Waals surface area contributed by atoms with Crippen LogP contribution in [0.25, 0.3) is 22.4 Å². The van der Waals surface area contributed by atoms with Gasteiger partial charge in [-0.2, -0.15) is 5.10 Å². The van der Waals surface area contributed by atoms with Gasteiger partial charge < -0.3 is 5.32 Å². The van der Waals surface area contributed by atoms with Crippen LogP contribution in [0.15, 0.2) is 49.1 Å². The normalized spacial score (nSPS) is 10.9. The number of fused-ring (bicyclic) bond motifs is 1. The summed E-state index contributed by atoms with van der Waals surface area (Å²) in [5.74, 6) is 0.171. The Labute approximate surface area is 136 Å². The summed E-state index contributed by atoms with van der Waals surface area (Å²) in [5, 5.41) is 10.9. The highest BCUT2D eigenvalue weighted by molar-refractivity contribution is 5.88. The van der Waals surface area contributed by atoms with Crippen molar-refractivity contribution in [2.24, 2.45) is 0 Å². The molecule has 0 aliphatic carbocycles. The van der Waals surface area contributed by atoms with Crippen LogP contribution in [-0.4, -0.2) is 30.1 Å². The van der Waals surface area contributed by atoms with Crippen molar-refractivity contribution in [3.63, 3.8) is 0 Å². The van der Waals surface area contributed by atoms with Gasteiger partial charge in [-0.1, -0.05) is 12.1 Å². The monoisotopic (exact) mass is 321 g/mol. The highest BCUT2D eigenvalue weighted by Crippen LogP contribution is 2.23. The first-order chi connectivity index (χ1) is 11.8. The molecule has 0 bridgehead atoms. The Balaban J connectivity index is 1.60. The number of aromatic nitrogens is 6. The third-order valence-electron chi connectivity index (χ3n) is 3.49. The Kier molecular flexibility index (Phi) is 3.54. The van der Waals surface area contributed by atoms with E-state index in [0.29, 0.717) is 23.8 Å². The lowest BCUT2D eigenvalue weighted by Crippen LogP contribution is -2.04. The average molecular weight is 321 g/mol. The van der Waals surface area contributed by atoms with E-state index in [1.165, 1.54) is 18.5 Å². The number of aromatic amines is 1. The minimum atomic E-state index is -0.270. The summed E-state index contributed by atoms with van der Waals surface area (Å²) in [6, 6.07) is 8.15. The fourth-order valence-corrected chi connectivity index (χ4v) is 2.36. The van der Waals surface area contributed by atoms with E-state index in [1.54, 1.807) is 24.5 Å². The van der Waals surface area contributed by atoms with Gasteiger partial charge in [0, 0.05) is 18.9 Å². The average Bonchev–Trinajstić information content (AvgIpc) is 3.04. The third-order valence-corrected chi connectivity index (χ3v) is 3.49. The summed E-state index contributed by atoms with van der Waals surface area (Å²) in [6.45, 7) is 0.425. The third kappa shape index (κ3) is 2.76. The van der Waals surface area contributed by atoms with Crippen LogP contribution in [0.2, 0.25) is 0 Å². The van der Waals surface area contributed by atoms with Crippen molar-refractivity contribution in [1.29, 1.82) is 0 Å². The molecule has 3 aromatic heterocycles. The molecule has 0 saturated heterocycles. The molecule has 0 fully saturated rings. The number of benzene rings is 1. The van der Waals surface area contributed by atoms with Crippen LogP contribution in [0.3, 0.4) is 0 Å². The Morgan fingerprint density at radius 1 is 1.17 bits per heavy atom. The van der Waals surface area contributed by atoms with E-state index in [-0.39, 0.29) is 5.82 Å². The lowest BCUT2D eigenvalue weighted by Gasteiger charge is -2.06. The first kappa shape index (κ1) is 14.2. The molecular weight excluding hydrogens is 309 g/mol. The van der Waals surface area contributed by atoms with Gasteiger partial charge in [0.15, 0.2) is 5.65 Å². The Morgan fingerprint density at radius 2 is 2.12 bits per heavy atom. The summed E-state index contributed by atoms with van der Waals surface area (Å²) in [4.78, 5) is 16.7. The van der Waals surface area contributed by atoms with Crippen LogP contribution in [-0.2, 0) is 6.54 Å². The Morgan fingerprint density at radius 3 is 3.04 bits per heavy atom. The van der Waals surface area contributed by atoms with E-state index >= 15 is 0 Å². The van der Waals surface area contributed by atoms with Crippen molar-refractivity contribution >= 4 is 17.0 Å². The second-order valence-corrected chi connectivity index (χ2v) is 5.11. The molecule has 0 aliphatic heterocycles. The molecular formula is C16H12FN7. The summed E-state index contributed by atoms with van der Waals surface area (Å²) in [6.07, 6.45) is 4.77. The highest BCUT2D eigenvalue weighted by Gasteiger charge is 2.10. The van der Waals surface area contributed by atoms with Crippen molar-refractivity contribution < 1.29 is 4.39 Å². The molecule has 118 valence electrons. The molecule has 1 aromatic carbocycles. The topological polar surface area (TPSA) is 92.3 Å². The molecule has 0 atom stereocenters. The minimum absolute atomic E-state index is 0.270. The quantitative estimate of drug-likeness (QED) is 0.600. The molecule has 0 radical (unpaired) electrons. The van der Waals surface area contributed by atoms with E-state index in [0.717, 1.165) is 16.6 Å². The van der Waals surface area contributed by atoms with Crippen LogP contribution in [0, 0.1) is 5.82 Å². The second-order valence-electron chi connectivity index (χ2n) is 5.11. The molecule has 0 aliphatic rings. The van der Waals surface area contributed by atoms with Gasteiger partial charge >= 0.3 is 0 Å². The Hall–Kier alpha value is -3.42. The summed E-state index contributed by atoms with van der Waals surface area (Å²) in [7, 11) is 0. The zero-order valence-corrected chi connectivity index (χ0v) is 12.4. The number of anilines is 1. The molecule has 0 spiro atoms. The summed E-state index contributed by atoms with van der Waals surface area (Å²) < 4.78 is 13.2. The molecule has 2 N–H and O–H groups in total. The number of rotatable bonds is 4. The number of hydrogen-bond acceptors (Lipinski definition) is 6. The van der Waals surface area contributed by atoms with E-state index < -0.39 is 0 Å². The van der Waals surface area contributed by atoms with Crippen molar-refractivity contribution in [3.05, 3.63) is 60.4 Å². The van der Waals surface area contributed by atoms with E-state index in [1.807, 2.05) is 6.07 Å². The van der Waals surface area contributed by atoms with Gasteiger partial charge in [-0.25, -0.2) is 24.3 Å². The largest absolute Gasteiger partial charge is 0.350 e. The summed E-state index contributed by atoms with van der Waals surface area (Å²) >= 11 is 0. The van der Waals surface area contributed by atoms with Crippen LogP contribution >= 0.6 is 0 Å². The Bertz CT molecular complexity index is 998. The van der Waals surface area contributed by atoms with Crippen molar-refractivity contribution in [2.75, 3.05) is 5.32 Å². The molecule has 4 rings (SSSR count). The summed E-state index contributed by atoms with van der Waals surface area (Å²) in [5.41, 5.74) is 2.78. The predicted octanol–water partition coefficient (Wildman–Crippen LogP) is 2.56. The van der Waals surface area contributed by atoms with Gasteiger partial charge in [-0.15, -0.1) is 0 Å². The van der Waals surface area contributed by atoms with Crippen molar-refractivity contribution in [1.82, 2.24) is 30.1 Å².